The molecule has 1 N–H and O–H groups in total. The highest BCUT2D eigenvalue weighted by Gasteiger charge is 2.54. The van der Waals surface area contributed by atoms with Crippen LogP contribution in [0.1, 0.15) is 47.0 Å². The zero-order valence-electron chi connectivity index (χ0n) is 20.1. The molecule has 0 bridgehead atoms. The number of carbonyl (C=O) groups is 4. The first kappa shape index (κ1) is 28.8. The fourth-order valence-corrected chi connectivity index (χ4v) is 4.33. The maximum Gasteiger partial charge on any atom is 0.304 e. The number of nitrogens with one attached hydrogen (secondary N) is 1. The largest absolute Gasteiger partial charge is 0.463 e. The van der Waals surface area contributed by atoms with Gasteiger partial charge in [0.25, 0.3) is 0 Å². The number of hydrogen-bond donors (Lipinski definition) is 1. The highest BCUT2D eigenvalue weighted by Crippen LogP contribution is 2.31. The maximum absolute atomic E-state index is 12.0. The number of nitrogens with zero attached hydrogens (tertiary/aromatic N) is 2. The van der Waals surface area contributed by atoms with Crippen molar-refractivity contribution < 1.29 is 52.7 Å². The lowest BCUT2D eigenvalue weighted by molar-refractivity contribution is -0.570. The van der Waals surface area contributed by atoms with Crippen molar-refractivity contribution in [1.82, 2.24) is 5.32 Å². The van der Waals surface area contributed by atoms with Gasteiger partial charge in [-0.3, -0.25) is 44.7 Å². The molecule has 5 unspecified atom stereocenters. The van der Waals surface area contributed by atoms with Crippen LogP contribution >= 0.6 is 0 Å². The average Bonchev–Trinajstić information content (AvgIpc) is 2.75. The number of esters is 4. The van der Waals surface area contributed by atoms with Crippen LogP contribution in [0.5, 0.6) is 0 Å². The van der Waals surface area contributed by atoms with Gasteiger partial charge in [-0.2, -0.15) is 0 Å². The van der Waals surface area contributed by atoms with Crippen LogP contribution in [0.4, 0.5) is 0 Å². The number of nitro groups is 2. The molecule has 0 aromatic rings. The molecule has 16 nitrogen and oxygen atoms in total. The Bertz CT molecular complexity index is 881. The van der Waals surface area contributed by atoms with Gasteiger partial charge in [0.05, 0.1) is 12.5 Å². The summed E-state index contributed by atoms with van der Waals surface area (Å²) in [6.07, 6.45) is -5.83. The van der Waals surface area contributed by atoms with Crippen molar-refractivity contribution in [2.24, 2.45) is 0 Å². The van der Waals surface area contributed by atoms with Gasteiger partial charge in [0, 0.05) is 44.0 Å². The third kappa shape index (κ3) is 7.81. The average molecular weight is 519 g/mol. The quantitative estimate of drug-likeness (QED) is 0.176. The van der Waals surface area contributed by atoms with Gasteiger partial charge in [-0.15, -0.1) is 0 Å². The number of rotatable bonds is 9. The molecule has 0 radical (unpaired) electrons. The molecule has 1 heterocycles. The standard InChI is InChI=1S/C20H29N3O13/c1-9(24)32-8-16-18(33-10(2)25)19(34-11(3)26)17(20(36-16)35-12(4)27)21-14-6-5-13(22(28)29)7-15(14)23(30)31/h13-21H,5-8H2,1-4H3/t13?,14?,15?,16?,17?,18-,19-,20-/m1/s1. The maximum atomic E-state index is 12.0. The summed E-state index contributed by atoms with van der Waals surface area (Å²) in [6, 6.07) is -4.76. The first-order chi connectivity index (χ1) is 16.8. The van der Waals surface area contributed by atoms with E-state index < -0.39 is 89.1 Å². The highest BCUT2D eigenvalue weighted by atomic mass is 16.7. The van der Waals surface area contributed by atoms with E-state index in [2.05, 4.69) is 5.32 Å². The lowest BCUT2D eigenvalue weighted by atomic mass is 9.85. The van der Waals surface area contributed by atoms with E-state index in [1.54, 1.807) is 0 Å². The van der Waals surface area contributed by atoms with Gasteiger partial charge >= 0.3 is 23.9 Å². The van der Waals surface area contributed by atoms with Gasteiger partial charge in [-0.25, -0.2) is 0 Å². The van der Waals surface area contributed by atoms with Gasteiger partial charge in [-0.1, -0.05) is 0 Å². The third-order valence-corrected chi connectivity index (χ3v) is 5.75. The minimum absolute atomic E-state index is 0.00246. The zero-order chi connectivity index (χ0) is 27.2. The van der Waals surface area contributed by atoms with Crippen molar-refractivity contribution in [3.63, 3.8) is 0 Å². The predicted octanol–water partition coefficient (Wildman–Crippen LogP) is -0.498. The molecule has 1 saturated heterocycles. The van der Waals surface area contributed by atoms with E-state index in [4.69, 9.17) is 23.7 Å². The SMILES string of the molecule is CC(=O)OCC1O[C@@H](OC(C)=O)C(NC2CCC([N+](=O)[O-])CC2[N+](=O)[O-])[C@@H](OC(C)=O)[C@@H]1OC(C)=O. The molecular weight excluding hydrogens is 490 g/mol. The predicted molar refractivity (Wildman–Crippen MR) is 114 cm³/mol. The Morgan fingerprint density at radius 3 is 1.94 bits per heavy atom. The van der Waals surface area contributed by atoms with Gasteiger partial charge in [-0.05, 0) is 6.42 Å². The molecule has 202 valence electrons. The monoisotopic (exact) mass is 519 g/mol. The van der Waals surface area contributed by atoms with Crippen molar-refractivity contribution >= 4 is 23.9 Å². The minimum Gasteiger partial charge on any atom is -0.463 e. The van der Waals surface area contributed by atoms with Crippen molar-refractivity contribution in [2.45, 2.75) is 95.7 Å². The second-order valence-electron chi connectivity index (χ2n) is 8.51. The molecule has 2 aliphatic rings. The van der Waals surface area contributed by atoms with Gasteiger partial charge in [0.15, 0.2) is 12.2 Å². The Kier molecular flexibility index (Phi) is 10.0. The summed E-state index contributed by atoms with van der Waals surface area (Å²) < 4.78 is 26.6. The van der Waals surface area contributed by atoms with Crippen molar-refractivity contribution in [3.05, 3.63) is 20.2 Å². The highest BCUT2D eigenvalue weighted by molar-refractivity contribution is 5.68. The van der Waals surface area contributed by atoms with Crippen LogP contribution in [0.3, 0.4) is 0 Å². The van der Waals surface area contributed by atoms with Crippen LogP contribution in [0.15, 0.2) is 0 Å². The molecular formula is C20H29N3O13. The van der Waals surface area contributed by atoms with Crippen LogP contribution in [0.2, 0.25) is 0 Å². The summed E-state index contributed by atoms with van der Waals surface area (Å²) in [5.41, 5.74) is 0. The lowest BCUT2D eigenvalue weighted by Crippen LogP contribution is -2.69. The number of hydrogen-bond acceptors (Lipinski definition) is 14. The number of carbonyl (C=O) groups excluding carboxylic acids is 4. The molecule has 1 aliphatic heterocycles. The van der Waals surface area contributed by atoms with Crippen LogP contribution in [-0.2, 0) is 42.9 Å². The van der Waals surface area contributed by atoms with Gasteiger partial charge in [0.1, 0.15) is 18.8 Å². The fraction of sp³-hybridized carbons (Fsp3) is 0.800. The second-order valence-corrected chi connectivity index (χ2v) is 8.51. The Balaban J connectivity index is 2.45. The fourth-order valence-electron chi connectivity index (χ4n) is 4.33. The third-order valence-electron chi connectivity index (χ3n) is 5.75. The molecule has 2 rings (SSSR count). The van der Waals surface area contributed by atoms with Crippen LogP contribution < -0.4 is 5.32 Å². The molecule has 1 aliphatic carbocycles. The Morgan fingerprint density at radius 1 is 0.861 bits per heavy atom. The van der Waals surface area contributed by atoms with E-state index in [0.29, 0.717) is 0 Å². The normalized spacial score (nSPS) is 32.0. The smallest absolute Gasteiger partial charge is 0.304 e. The van der Waals surface area contributed by atoms with Gasteiger partial charge in [0.2, 0.25) is 18.4 Å². The molecule has 0 spiro atoms. The number of ether oxygens (including phenoxy) is 5. The summed E-state index contributed by atoms with van der Waals surface area (Å²) >= 11 is 0. The van der Waals surface area contributed by atoms with E-state index in [-0.39, 0.29) is 19.3 Å². The zero-order valence-corrected chi connectivity index (χ0v) is 20.1. The van der Waals surface area contributed by atoms with E-state index in [0.717, 1.165) is 27.7 Å². The summed E-state index contributed by atoms with van der Waals surface area (Å²) in [5, 5.41) is 25.8. The van der Waals surface area contributed by atoms with E-state index in [1.807, 2.05) is 0 Å². The molecule has 16 heteroatoms. The molecule has 0 aromatic carbocycles. The summed E-state index contributed by atoms with van der Waals surface area (Å²) in [6.45, 7) is 3.89. The molecule has 8 atom stereocenters. The van der Waals surface area contributed by atoms with Crippen LogP contribution in [0, 0.1) is 20.2 Å². The van der Waals surface area contributed by atoms with E-state index in [9.17, 15) is 39.4 Å². The van der Waals surface area contributed by atoms with E-state index in [1.165, 1.54) is 0 Å². The summed E-state index contributed by atoms with van der Waals surface area (Å²) in [7, 11) is 0. The minimum atomic E-state index is -1.51. The molecule has 1 saturated carbocycles. The topological polar surface area (TPSA) is 213 Å². The van der Waals surface area contributed by atoms with Crippen LogP contribution in [0.25, 0.3) is 0 Å². The van der Waals surface area contributed by atoms with Crippen LogP contribution in [-0.4, -0.2) is 89.1 Å². The van der Waals surface area contributed by atoms with Crippen molar-refractivity contribution in [2.75, 3.05) is 6.61 Å². The molecule has 2 fully saturated rings. The van der Waals surface area contributed by atoms with Crippen molar-refractivity contribution in [1.29, 1.82) is 0 Å². The molecule has 0 amide bonds. The Morgan fingerprint density at radius 2 is 1.44 bits per heavy atom. The lowest BCUT2D eigenvalue weighted by Gasteiger charge is -2.46. The molecule has 0 aromatic heterocycles. The molecule has 36 heavy (non-hydrogen) atoms. The van der Waals surface area contributed by atoms with Gasteiger partial charge < -0.3 is 23.7 Å². The Hall–Kier alpha value is -3.40. The van der Waals surface area contributed by atoms with Crippen molar-refractivity contribution in [3.8, 4) is 0 Å². The summed E-state index contributed by atoms with van der Waals surface area (Å²) in [4.78, 5) is 68.7. The summed E-state index contributed by atoms with van der Waals surface area (Å²) in [5.74, 6) is -3.12. The first-order valence-corrected chi connectivity index (χ1v) is 11.1. The first-order valence-electron chi connectivity index (χ1n) is 11.1. The second kappa shape index (κ2) is 12.5. The Labute approximate surface area is 205 Å². The van der Waals surface area contributed by atoms with E-state index >= 15 is 0 Å².